The van der Waals surface area contributed by atoms with Crippen LogP contribution in [0.1, 0.15) is 28.1 Å². The fraction of sp³-hybridized carbons (Fsp3) is 0.261. The largest absolute Gasteiger partial charge is 0.382 e. The number of piperidine rings is 1. The third-order valence-electron chi connectivity index (χ3n) is 5.66. The van der Waals surface area contributed by atoms with E-state index in [9.17, 15) is 23.3 Å². The third kappa shape index (κ3) is 6.17. The number of rotatable bonds is 8. The van der Waals surface area contributed by atoms with Crippen molar-refractivity contribution in [2.75, 3.05) is 18.4 Å². The quantitative estimate of drug-likeness (QED) is 0.324. The van der Waals surface area contributed by atoms with Crippen molar-refractivity contribution in [3.8, 4) is 0 Å². The van der Waals surface area contributed by atoms with Gasteiger partial charge >= 0.3 is 0 Å². The summed E-state index contributed by atoms with van der Waals surface area (Å²) in [4.78, 5) is 23.2. The number of amides is 1. The van der Waals surface area contributed by atoms with E-state index in [2.05, 4.69) is 10.6 Å². The Morgan fingerprint density at radius 2 is 1.71 bits per heavy atom. The van der Waals surface area contributed by atoms with Crippen molar-refractivity contribution in [2.45, 2.75) is 29.6 Å². The molecule has 184 valence electrons. The van der Waals surface area contributed by atoms with Crippen LogP contribution in [-0.4, -0.2) is 42.7 Å². The zero-order valence-electron chi connectivity index (χ0n) is 18.5. The van der Waals surface area contributed by atoms with Crippen molar-refractivity contribution in [2.24, 2.45) is 0 Å². The molecule has 0 spiro atoms. The molecule has 2 heterocycles. The molecule has 1 aliphatic rings. The number of benzene rings is 2. The van der Waals surface area contributed by atoms with Gasteiger partial charge in [0.15, 0.2) is 0 Å². The van der Waals surface area contributed by atoms with Crippen molar-refractivity contribution in [1.82, 2.24) is 9.62 Å². The maximum Gasteiger partial charge on any atom is 0.269 e. The minimum atomic E-state index is -3.62. The lowest BCUT2D eigenvalue weighted by Crippen LogP contribution is -2.42. The summed E-state index contributed by atoms with van der Waals surface area (Å²) in [6, 6.07) is 16.1. The summed E-state index contributed by atoms with van der Waals surface area (Å²) >= 11 is 7.04. The molecule has 0 unspecified atom stereocenters. The number of hydrogen-bond donors (Lipinski definition) is 2. The van der Waals surface area contributed by atoms with E-state index in [1.165, 1.54) is 28.6 Å². The first-order valence-electron chi connectivity index (χ1n) is 10.9. The molecule has 12 heteroatoms. The average molecular weight is 535 g/mol. The van der Waals surface area contributed by atoms with Crippen LogP contribution in [-0.2, 0) is 16.6 Å². The van der Waals surface area contributed by atoms with E-state index in [0.717, 1.165) is 17.0 Å². The fourth-order valence-electron chi connectivity index (χ4n) is 3.75. The topological polar surface area (TPSA) is 122 Å². The molecule has 9 nitrogen and oxygen atoms in total. The second kappa shape index (κ2) is 10.7. The first-order chi connectivity index (χ1) is 16.7. The van der Waals surface area contributed by atoms with Crippen LogP contribution in [0.2, 0.25) is 5.02 Å². The van der Waals surface area contributed by atoms with Crippen LogP contribution in [0.4, 0.5) is 11.4 Å². The molecule has 2 aromatic carbocycles. The van der Waals surface area contributed by atoms with Crippen molar-refractivity contribution in [3.05, 3.63) is 86.2 Å². The molecule has 1 aliphatic heterocycles. The molecule has 2 N–H and O–H groups in total. The van der Waals surface area contributed by atoms with E-state index < -0.39 is 20.9 Å². The van der Waals surface area contributed by atoms with E-state index in [-0.39, 0.29) is 28.0 Å². The first kappa shape index (κ1) is 25.1. The maximum absolute atomic E-state index is 13.1. The first-order valence-corrected chi connectivity index (χ1v) is 13.5. The lowest BCUT2D eigenvalue weighted by atomic mass is 10.1. The Hall–Kier alpha value is -2.99. The maximum atomic E-state index is 13.1. The smallest absolute Gasteiger partial charge is 0.269 e. The van der Waals surface area contributed by atoms with Gasteiger partial charge in [0.2, 0.25) is 0 Å². The van der Waals surface area contributed by atoms with E-state index in [1.807, 2.05) is 24.3 Å². The number of thiophene rings is 1. The SMILES string of the molecule is O=C(NCc1ccc(S(=O)(=O)N2CCC(Nc3ccc(Cl)cc3)CC2)s1)c1ccc([N+](=O)[O-])cc1. The zero-order chi connectivity index (χ0) is 25.0. The van der Waals surface area contributed by atoms with Crippen molar-refractivity contribution < 1.29 is 18.1 Å². The number of carbonyl (C=O) groups excluding carboxylic acids is 1. The minimum Gasteiger partial charge on any atom is -0.382 e. The summed E-state index contributed by atoms with van der Waals surface area (Å²) < 4.78 is 28.0. The number of hydrogen-bond acceptors (Lipinski definition) is 7. The van der Waals surface area contributed by atoms with Crippen molar-refractivity contribution >= 4 is 50.2 Å². The number of carbonyl (C=O) groups is 1. The van der Waals surface area contributed by atoms with Gasteiger partial charge in [-0.15, -0.1) is 11.3 Å². The second-order valence-corrected chi connectivity index (χ2v) is 11.8. The molecule has 4 rings (SSSR count). The second-order valence-electron chi connectivity index (χ2n) is 8.04. The van der Waals surface area contributed by atoms with E-state index in [0.29, 0.717) is 35.8 Å². The Labute approximate surface area is 211 Å². The van der Waals surface area contributed by atoms with Gasteiger partial charge < -0.3 is 10.6 Å². The van der Waals surface area contributed by atoms with Gasteiger partial charge in [0.05, 0.1) is 11.5 Å². The van der Waals surface area contributed by atoms with Crippen LogP contribution >= 0.6 is 22.9 Å². The highest BCUT2D eigenvalue weighted by atomic mass is 35.5. The zero-order valence-corrected chi connectivity index (χ0v) is 20.9. The predicted octanol–water partition coefficient (Wildman–Crippen LogP) is 4.50. The van der Waals surface area contributed by atoms with E-state index in [4.69, 9.17) is 11.6 Å². The number of nitrogens with zero attached hydrogens (tertiary/aromatic N) is 2. The third-order valence-corrected chi connectivity index (χ3v) is 9.37. The summed E-state index contributed by atoms with van der Waals surface area (Å²) in [5.74, 6) is -0.395. The Morgan fingerprint density at radius 3 is 2.34 bits per heavy atom. The number of anilines is 1. The fourth-order valence-corrected chi connectivity index (χ4v) is 6.79. The molecule has 1 saturated heterocycles. The standard InChI is InChI=1S/C23H23ClN4O5S2/c24-17-3-5-18(6-4-17)26-19-11-13-27(14-12-19)35(32,33)22-10-9-21(34-22)15-25-23(29)16-1-7-20(8-2-16)28(30)31/h1-10,19,26H,11-15H2,(H,25,29). The molecule has 0 radical (unpaired) electrons. The van der Waals surface area contributed by atoms with E-state index >= 15 is 0 Å². The van der Waals surface area contributed by atoms with Crippen molar-refractivity contribution in [1.29, 1.82) is 0 Å². The number of non-ortho nitro benzene ring substituents is 1. The summed E-state index contributed by atoms with van der Waals surface area (Å²) in [6.07, 6.45) is 1.37. The predicted molar refractivity (Wildman–Crippen MR) is 135 cm³/mol. The number of nitrogens with one attached hydrogen (secondary N) is 2. The Bertz CT molecular complexity index is 1300. The molecular weight excluding hydrogens is 512 g/mol. The van der Waals surface area contributed by atoms with Gasteiger partial charge in [-0.05, 0) is 61.4 Å². The normalized spacial score (nSPS) is 15.0. The Kier molecular flexibility index (Phi) is 7.70. The Morgan fingerprint density at radius 1 is 1.06 bits per heavy atom. The summed E-state index contributed by atoms with van der Waals surface area (Å²) in [6.45, 7) is 0.985. The lowest BCUT2D eigenvalue weighted by Gasteiger charge is -2.31. The molecule has 0 saturated carbocycles. The number of halogens is 1. The molecule has 0 aliphatic carbocycles. The molecule has 3 aromatic rings. The summed E-state index contributed by atoms with van der Waals surface area (Å²) in [5.41, 5.74) is 1.14. The van der Waals surface area contributed by atoms with E-state index in [1.54, 1.807) is 12.1 Å². The molecule has 35 heavy (non-hydrogen) atoms. The summed E-state index contributed by atoms with van der Waals surface area (Å²) in [5, 5.41) is 17.5. The Balaban J connectivity index is 1.30. The van der Waals surface area contributed by atoms with Gasteiger partial charge in [-0.1, -0.05) is 11.6 Å². The van der Waals surface area contributed by atoms with Gasteiger partial charge in [0.25, 0.3) is 21.6 Å². The molecule has 1 fully saturated rings. The van der Waals surface area contributed by atoms with Crippen LogP contribution in [0.3, 0.4) is 0 Å². The van der Waals surface area contributed by atoms with Crippen LogP contribution in [0, 0.1) is 10.1 Å². The van der Waals surface area contributed by atoms with Crippen molar-refractivity contribution in [3.63, 3.8) is 0 Å². The number of nitro benzene ring substituents is 1. The van der Waals surface area contributed by atoms with Crippen LogP contribution < -0.4 is 10.6 Å². The molecular formula is C23H23ClN4O5S2. The van der Waals surface area contributed by atoms with Crippen LogP contribution in [0.5, 0.6) is 0 Å². The molecule has 1 aromatic heterocycles. The van der Waals surface area contributed by atoms with Gasteiger partial charge in [0.1, 0.15) is 4.21 Å². The van der Waals surface area contributed by atoms with Gasteiger partial charge in [-0.3, -0.25) is 14.9 Å². The average Bonchev–Trinajstić information content (AvgIpc) is 3.34. The molecule has 0 atom stereocenters. The summed E-state index contributed by atoms with van der Waals surface area (Å²) in [7, 11) is -3.62. The highest BCUT2D eigenvalue weighted by Crippen LogP contribution is 2.28. The molecule has 1 amide bonds. The van der Waals surface area contributed by atoms with Gasteiger partial charge in [-0.25, -0.2) is 8.42 Å². The minimum absolute atomic E-state index is 0.0977. The highest BCUT2D eigenvalue weighted by Gasteiger charge is 2.30. The van der Waals surface area contributed by atoms with Gasteiger partial charge in [0, 0.05) is 52.4 Å². The van der Waals surface area contributed by atoms with Crippen LogP contribution in [0.25, 0.3) is 0 Å². The van der Waals surface area contributed by atoms with Crippen LogP contribution in [0.15, 0.2) is 64.9 Å². The van der Waals surface area contributed by atoms with Gasteiger partial charge in [-0.2, -0.15) is 4.31 Å². The monoisotopic (exact) mass is 534 g/mol. The number of sulfonamides is 1. The lowest BCUT2D eigenvalue weighted by molar-refractivity contribution is -0.384. The number of nitro groups is 1. The highest BCUT2D eigenvalue weighted by molar-refractivity contribution is 7.91. The molecule has 0 bridgehead atoms.